The van der Waals surface area contributed by atoms with Crippen molar-refractivity contribution >= 4 is 5.91 Å². The lowest BCUT2D eigenvalue weighted by Crippen LogP contribution is -2.69. The first-order valence-corrected chi connectivity index (χ1v) is 9.08. The van der Waals surface area contributed by atoms with Gasteiger partial charge in [0, 0.05) is 25.6 Å². The second-order valence-corrected chi connectivity index (χ2v) is 7.52. The van der Waals surface area contributed by atoms with Crippen LogP contribution in [-0.2, 0) is 14.3 Å². The Hall–Kier alpha value is -0.950. The summed E-state index contributed by atoms with van der Waals surface area (Å²) in [5.41, 5.74) is 23.0. The number of amides is 1. The maximum atomic E-state index is 14.5. The smallest absolute Gasteiger partial charge is 0.272 e. The fraction of sp³-hybridized carbons (Fsp3) is 0.938. The van der Waals surface area contributed by atoms with Gasteiger partial charge in [-0.05, 0) is 19.8 Å². The highest BCUT2D eigenvalue weighted by Gasteiger charge is 2.57. The second kappa shape index (κ2) is 8.60. The van der Waals surface area contributed by atoms with E-state index >= 15 is 0 Å². The Balaban J connectivity index is 2.19. The summed E-state index contributed by atoms with van der Waals surface area (Å²) in [6.45, 7) is 1.32. The fourth-order valence-corrected chi connectivity index (χ4v) is 3.74. The Morgan fingerprint density at radius 1 is 1.37 bits per heavy atom. The number of hydrogen-bond acceptors (Lipinski definition) is 8. The standard InChI is InChI=1S/C16H31F2N5O4/c1-7(20)10-4-3-8(21)15(26-10)27-13-9(22)5-16(17,18)14(12(13)25)23(2)11(24)6-19/h7-10,12-15,25H,3-6,19-22H2,1-2H3. The van der Waals surface area contributed by atoms with Crippen LogP contribution in [0.1, 0.15) is 26.2 Å². The average Bonchev–Trinajstić information content (AvgIpc) is 2.57. The van der Waals surface area contributed by atoms with Crippen molar-refractivity contribution in [3.05, 3.63) is 0 Å². The molecule has 8 atom stereocenters. The molecular weight excluding hydrogens is 364 g/mol. The highest BCUT2D eigenvalue weighted by Crippen LogP contribution is 2.38. The minimum absolute atomic E-state index is 0.265. The number of aliphatic hydroxyl groups excluding tert-OH is 1. The number of nitrogens with zero attached hydrogens (tertiary/aromatic N) is 1. The van der Waals surface area contributed by atoms with Crippen molar-refractivity contribution in [3.8, 4) is 0 Å². The number of ether oxygens (including phenoxy) is 2. The SMILES string of the molecule is CC(N)C1CCC(N)C(OC2C(N)CC(F)(F)C(N(C)C(=O)CN)C2O)O1. The molecule has 0 bridgehead atoms. The van der Waals surface area contributed by atoms with E-state index in [-0.39, 0.29) is 12.1 Å². The third-order valence-electron chi connectivity index (χ3n) is 5.33. The molecule has 0 aromatic carbocycles. The van der Waals surface area contributed by atoms with Crippen LogP contribution in [-0.4, -0.2) is 84.2 Å². The van der Waals surface area contributed by atoms with Crippen molar-refractivity contribution in [2.24, 2.45) is 22.9 Å². The van der Waals surface area contributed by atoms with Crippen molar-refractivity contribution < 1.29 is 28.2 Å². The number of rotatable bonds is 5. The molecule has 9 N–H and O–H groups in total. The van der Waals surface area contributed by atoms with E-state index in [1.165, 1.54) is 7.05 Å². The molecule has 11 heteroatoms. The predicted molar refractivity (Wildman–Crippen MR) is 93.6 cm³/mol. The topological polar surface area (TPSA) is 163 Å². The van der Waals surface area contributed by atoms with E-state index in [2.05, 4.69) is 0 Å². The molecule has 0 radical (unpaired) electrons. The molecule has 0 aromatic heterocycles. The molecule has 0 spiro atoms. The van der Waals surface area contributed by atoms with E-state index in [9.17, 15) is 18.7 Å². The molecule has 1 aliphatic heterocycles. The van der Waals surface area contributed by atoms with Crippen molar-refractivity contribution in [3.63, 3.8) is 0 Å². The van der Waals surface area contributed by atoms with Gasteiger partial charge in [-0.1, -0.05) is 0 Å². The summed E-state index contributed by atoms with van der Waals surface area (Å²) in [6, 6.07) is -3.76. The van der Waals surface area contributed by atoms with Crippen LogP contribution in [0.5, 0.6) is 0 Å². The number of alkyl halides is 2. The van der Waals surface area contributed by atoms with E-state index in [1.807, 2.05) is 0 Å². The van der Waals surface area contributed by atoms with Crippen LogP contribution in [0.2, 0.25) is 0 Å². The van der Waals surface area contributed by atoms with E-state index in [0.717, 1.165) is 4.90 Å². The van der Waals surface area contributed by atoms with Gasteiger partial charge in [-0.25, -0.2) is 8.78 Å². The molecule has 0 aromatic rings. The van der Waals surface area contributed by atoms with Gasteiger partial charge in [-0.15, -0.1) is 0 Å². The highest BCUT2D eigenvalue weighted by atomic mass is 19.3. The molecule has 2 aliphatic rings. The van der Waals surface area contributed by atoms with Crippen LogP contribution in [0.3, 0.4) is 0 Å². The third kappa shape index (κ3) is 4.73. The number of halogens is 2. The van der Waals surface area contributed by atoms with Crippen molar-refractivity contribution in [1.29, 1.82) is 0 Å². The predicted octanol–water partition coefficient (Wildman–Crippen LogP) is -1.94. The van der Waals surface area contributed by atoms with E-state index < -0.39 is 61.4 Å². The summed E-state index contributed by atoms with van der Waals surface area (Å²) in [7, 11) is 1.17. The first-order valence-electron chi connectivity index (χ1n) is 9.08. The maximum absolute atomic E-state index is 14.5. The highest BCUT2D eigenvalue weighted by molar-refractivity contribution is 5.78. The summed E-state index contributed by atoms with van der Waals surface area (Å²) in [5, 5.41) is 10.6. The third-order valence-corrected chi connectivity index (χ3v) is 5.33. The summed E-state index contributed by atoms with van der Waals surface area (Å²) in [4.78, 5) is 12.6. The van der Waals surface area contributed by atoms with Crippen LogP contribution in [0, 0.1) is 0 Å². The van der Waals surface area contributed by atoms with Crippen LogP contribution in [0.15, 0.2) is 0 Å². The monoisotopic (exact) mass is 395 g/mol. The van der Waals surface area contributed by atoms with Gasteiger partial charge in [-0.2, -0.15) is 0 Å². The number of likely N-dealkylation sites (N-methyl/N-ethyl adjacent to an activating group) is 1. The van der Waals surface area contributed by atoms with Gasteiger partial charge >= 0.3 is 0 Å². The Bertz CT molecular complexity index is 527. The Labute approximate surface area is 157 Å². The van der Waals surface area contributed by atoms with Gasteiger partial charge in [0.05, 0.1) is 18.7 Å². The van der Waals surface area contributed by atoms with Gasteiger partial charge in [-0.3, -0.25) is 4.79 Å². The van der Waals surface area contributed by atoms with Crippen LogP contribution in [0.4, 0.5) is 8.78 Å². The first-order chi connectivity index (χ1) is 12.5. The Morgan fingerprint density at radius 3 is 2.56 bits per heavy atom. The van der Waals surface area contributed by atoms with Crippen LogP contribution < -0.4 is 22.9 Å². The van der Waals surface area contributed by atoms with Gasteiger partial charge in [0.25, 0.3) is 5.92 Å². The zero-order chi connectivity index (χ0) is 20.5. The zero-order valence-electron chi connectivity index (χ0n) is 15.6. The lowest BCUT2D eigenvalue weighted by atomic mass is 9.82. The number of carbonyl (C=O) groups is 1. The van der Waals surface area contributed by atoms with E-state index in [1.54, 1.807) is 6.92 Å². The normalized spacial score (nSPS) is 40.4. The molecule has 2 rings (SSSR count). The Morgan fingerprint density at radius 2 is 2.00 bits per heavy atom. The van der Waals surface area contributed by atoms with Crippen LogP contribution in [0.25, 0.3) is 0 Å². The molecule has 1 aliphatic carbocycles. The van der Waals surface area contributed by atoms with Crippen LogP contribution >= 0.6 is 0 Å². The summed E-state index contributed by atoms with van der Waals surface area (Å²) < 4.78 is 40.5. The summed E-state index contributed by atoms with van der Waals surface area (Å²) >= 11 is 0. The minimum atomic E-state index is -3.40. The van der Waals surface area contributed by atoms with E-state index in [0.29, 0.717) is 12.8 Å². The maximum Gasteiger partial charge on any atom is 0.272 e. The quantitative estimate of drug-likeness (QED) is 0.359. The number of aliphatic hydroxyl groups is 1. The summed E-state index contributed by atoms with van der Waals surface area (Å²) in [6.07, 6.45) is -3.72. The molecule has 1 saturated carbocycles. The average molecular weight is 395 g/mol. The lowest BCUT2D eigenvalue weighted by Gasteiger charge is -2.48. The minimum Gasteiger partial charge on any atom is -0.388 e. The second-order valence-electron chi connectivity index (χ2n) is 7.52. The van der Waals surface area contributed by atoms with Gasteiger partial charge in [0.2, 0.25) is 5.91 Å². The summed E-state index contributed by atoms with van der Waals surface area (Å²) in [5.74, 6) is -4.13. The zero-order valence-corrected chi connectivity index (χ0v) is 15.6. The number of nitrogens with two attached hydrogens (primary N) is 4. The largest absolute Gasteiger partial charge is 0.388 e. The molecule has 158 valence electrons. The molecule has 9 nitrogen and oxygen atoms in total. The number of carbonyl (C=O) groups excluding carboxylic acids is 1. The molecule has 1 heterocycles. The molecule has 1 saturated heterocycles. The van der Waals surface area contributed by atoms with Gasteiger partial charge in [0.15, 0.2) is 6.29 Å². The molecule has 27 heavy (non-hydrogen) atoms. The molecular formula is C16H31F2N5O4. The lowest BCUT2D eigenvalue weighted by molar-refractivity contribution is -0.269. The molecule has 2 fully saturated rings. The fourth-order valence-electron chi connectivity index (χ4n) is 3.74. The first kappa shape index (κ1) is 22.3. The molecule has 8 unspecified atom stereocenters. The van der Waals surface area contributed by atoms with E-state index in [4.69, 9.17) is 32.4 Å². The number of hydrogen-bond donors (Lipinski definition) is 5. The van der Waals surface area contributed by atoms with Gasteiger partial charge in [0.1, 0.15) is 18.2 Å². The molecule has 1 amide bonds. The van der Waals surface area contributed by atoms with Crippen molar-refractivity contribution in [1.82, 2.24) is 4.90 Å². The Kier molecular flexibility index (Phi) is 7.11. The van der Waals surface area contributed by atoms with Gasteiger partial charge < -0.3 is 42.4 Å². The van der Waals surface area contributed by atoms with Crippen molar-refractivity contribution in [2.45, 2.75) is 80.9 Å². The van der Waals surface area contributed by atoms with Crippen molar-refractivity contribution in [2.75, 3.05) is 13.6 Å².